The fourth-order valence-corrected chi connectivity index (χ4v) is 1.98. The first-order valence-corrected chi connectivity index (χ1v) is 6.53. The SMILES string of the molecule is Fc1ccc(Br)cc1-c1nc(CNC2CC2)no1. The van der Waals surface area contributed by atoms with Crippen molar-refractivity contribution in [1.29, 1.82) is 0 Å². The van der Waals surface area contributed by atoms with Gasteiger partial charge in [0.1, 0.15) is 5.82 Å². The highest BCUT2D eigenvalue weighted by molar-refractivity contribution is 9.10. The highest BCUT2D eigenvalue weighted by atomic mass is 79.9. The zero-order valence-corrected chi connectivity index (χ0v) is 11.1. The molecule has 0 radical (unpaired) electrons. The van der Waals surface area contributed by atoms with Gasteiger partial charge in [0.15, 0.2) is 5.82 Å². The molecule has 94 valence electrons. The van der Waals surface area contributed by atoms with E-state index in [9.17, 15) is 4.39 Å². The Morgan fingerprint density at radius 1 is 1.44 bits per heavy atom. The van der Waals surface area contributed by atoms with Crippen LogP contribution >= 0.6 is 15.9 Å². The van der Waals surface area contributed by atoms with Crippen molar-refractivity contribution >= 4 is 15.9 Å². The Bertz CT molecular complexity index is 568. The molecule has 1 N–H and O–H groups in total. The van der Waals surface area contributed by atoms with Gasteiger partial charge in [-0.15, -0.1) is 0 Å². The molecule has 18 heavy (non-hydrogen) atoms. The van der Waals surface area contributed by atoms with Crippen molar-refractivity contribution < 1.29 is 8.91 Å². The molecule has 0 atom stereocenters. The molecule has 0 aliphatic heterocycles. The molecule has 1 saturated carbocycles. The summed E-state index contributed by atoms with van der Waals surface area (Å²) in [6.45, 7) is 0.559. The number of nitrogens with one attached hydrogen (secondary N) is 1. The van der Waals surface area contributed by atoms with Crippen LogP contribution in [0.25, 0.3) is 11.5 Å². The van der Waals surface area contributed by atoms with E-state index < -0.39 is 0 Å². The van der Waals surface area contributed by atoms with Crippen LogP contribution in [0, 0.1) is 5.82 Å². The number of halogens is 2. The molecule has 4 nitrogen and oxygen atoms in total. The lowest BCUT2D eigenvalue weighted by Gasteiger charge is -1.97. The summed E-state index contributed by atoms with van der Waals surface area (Å²) in [5, 5.41) is 7.11. The van der Waals surface area contributed by atoms with Crippen molar-refractivity contribution in [1.82, 2.24) is 15.5 Å². The quantitative estimate of drug-likeness (QED) is 0.943. The molecule has 1 aromatic carbocycles. The van der Waals surface area contributed by atoms with E-state index in [2.05, 4.69) is 31.4 Å². The van der Waals surface area contributed by atoms with Gasteiger partial charge >= 0.3 is 0 Å². The Balaban J connectivity index is 1.80. The molecule has 0 amide bonds. The van der Waals surface area contributed by atoms with E-state index in [-0.39, 0.29) is 11.7 Å². The van der Waals surface area contributed by atoms with Gasteiger partial charge in [0.2, 0.25) is 0 Å². The smallest absolute Gasteiger partial charge is 0.260 e. The number of hydrogen-bond donors (Lipinski definition) is 1. The molecule has 1 heterocycles. The topological polar surface area (TPSA) is 51.0 Å². The lowest BCUT2D eigenvalue weighted by atomic mass is 10.2. The van der Waals surface area contributed by atoms with Crippen LogP contribution in [0.15, 0.2) is 27.2 Å². The second kappa shape index (κ2) is 4.78. The average molecular weight is 312 g/mol. The van der Waals surface area contributed by atoms with Gasteiger partial charge in [-0.1, -0.05) is 21.1 Å². The van der Waals surface area contributed by atoms with Gasteiger partial charge in [0, 0.05) is 10.5 Å². The summed E-state index contributed by atoms with van der Waals surface area (Å²) in [6, 6.07) is 5.20. The summed E-state index contributed by atoms with van der Waals surface area (Å²) in [5.74, 6) is 0.390. The monoisotopic (exact) mass is 311 g/mol. The predicted molar refractivity (Wildman–Crippen MR) is 67.3 cm³/mol. The molecular formula is C12H11BrFN3O. The standard InChI is InChI=1S/C12H11BrFN3O/c13-7-1-4-10(14)9(5-7)12-16-11(17-18-12)6-15-8-2-3-8/h1,4-5,8,15H,2-3,6H2. The van der Waals surface area contributed by atoms with Crippen molar-refractivity contribution in [3.8, 4) is 11.5 Å². The van der Waals surface area contributed by atoms with Crippen molar-refractivity contribution in [2.75, 3.05) is 0 Å². The molecule has 1 aliphatic rings. The van der Waals surface area contributed by atoms with Gasteiger partial charge < -0.3 is 9.84 Å². The summed E-state index contributed by atoms with van der Waals surface area (Å²) < 4.78 is 19.5. The zero-order chi connectivity index (χ0) is 12.5. The van der Waals surface area contributed by atoms with Crippen LogP contribution in [0.3, 0.4) is 0 Å². The van der Waals surface area contributed by atoms with Crippen molar-refractivity contribution in [3.05, 3.63) is 34.3 Å². The van der Waals surface area contributed by atoms with E-state index in [0.717, 1.165) is 4.47 Å². The van der Waals surface area contributed by atoms with Gasteiger partial charge in [0.05, 0.1) is 12.1 Å². The van der Waals surface area contributed by atoms with Gasteiger partial charge in [-0.2, -0.15) is 4.98 Å². The molecule has 0 saturated heterocycles. The normalized spacial score (nSPS) is 15.0. The van der Waals surface area contributed by atoms with E-state index in [1.807, 2.05) is 0 Å². The summed E-state index contributed by atoms with van der Waals surface area (Å²) >= 11 is 3.29. The largest absolute Gasteiger partial charge is 0.334 e. The highest BCUT2D eigenvalue weighted by Gasteiger charge is 2.21. The molecule has 1 aliphatic carbocycles. The van der Waals surface area contributed by atoms with Crippen LogP contribution in [0.5, 0.6) is 0 Å². The van der Waals surface area contributed by atoms with Crippen LogP contribution < -0.4 is 5.32 Å². The molecule has 0 spiro atoms. The Kier molecular flexibility index (Phi) is 3.13. The molecule has 2 aromatic rings. The molecular weight excluding hydrogens is 301 g/mol. The van der Waals surface area contributed by atoms with Crippen LogP contribution in [-0.2, 0) is 6.54 Å². The lowest BCUT2D eigenvalue weighted by Crippen LogP contribution is -2.16. The maximum Gasteiger partial charge on any atom is 0.260 e. The van der Waals surface area contributed by atoms with Gasteiger partial charge in [-0.25, -0.2) is 4.39 Å². The minimum atomic E-state index is -0.372. The average Bonchev–Trinajstić information content (AvgIpc) is 3.08. The molecule has 6 heteroatoms. The second-order valence-corrected chi connectivity index (χ2v) is 5.21. The zero-order valence-electron chi connectivity index (χ0n) is 9.49. The van der Waals surface area contributed by atoms with E-state index in [1.165, 1.54) is 18.9 Å². The van der Waals surface area contributed by atoms with E-state index in [4.69, 9.17) is 4.52 Å². The Hall–Kier alpha value is -1.27. The van der Waals surface area contributed by atoms with Crippen LogP contribution in [0.1, 0.15) is 18.7 Å². The third-order valence-corrected chi connectivity index (χ3v) is 3.25. The predicted octanol–water partition coefficient (Wildman–Crippen LogP) is 2.89. The van der Waals surface area contributed by atoms with Crippen LogP contribution in [0.2, 0.25) is 0 Å². The maximum absolute atomic E-state index is 13.6. The fraction of sp³-hybridized carbons (Fsp3) is 0.333. The maximum atomic E-state index is 13.6. The summed E-state index contributed by atoms with van der Waals surface area (Å²) in [4.78, 5) is 4.18. The number of rotatable bonds is 4. The first-order chi connectivity index (χ1) is 8.72. The second-order valence-electron chi connectivity index (χ2n) is 4.30. The highest BCUT2D eigenvalue weighted by Crippen LogP contribution is 2.25. The Morgan fingerprint density at radius 2 is 2.28 bits per heavy atom. The van der Waals surface area contributed by atoms with Gasteiger partial charge in [-0.05, 0) is 31.0 Å². The molecule has 1 aromatic heterocycles. The van der Waals surface area contributed by atoms with E-state index in [0.29, 0.717) is 24.0 Å². The lowest BCUT2D eigenvalue weighted by molar-refractivity contribution is 0.417. The summed E-state index contributed by atoms with van der Waals surface area (Å²) in [5.41, 5.74) is 0.314. The van der Waals surface area contributed by atoms with Gasteiger partial charge in [-0.3, -0.25) is 0 Å². The third kappa shape index (κ3) is 2.59. The third-order valence-electron chi connectivity index (χ3n) is 2.75. The Morgan fingerprint density at radius 3 is 3.06 bits per heavy atom. The number of hydrogen-bond acceptors (Lipinski definition) is 4. The minimum Gasteiger partial charge on any atom is -0.334 e. The fourth-order valence-electron chi connectivity index (χ4n) is 1.62. The molecule has 1 fully saturated rings. The minimum absolute atomic E-state index is 0.210. The van der Waals surface area contributed by atoms with E-state index >= 15 is 0 Å². The van der Waals surface area contributed by atoms with Gasteiger partial charge in [0.25, 0.3) is 5.89 Å². The van der Waals surface area contributed by atoms with Crippen molar-refractivity contribution in [2.24, 2.45) is 0 Å². The first-order valence-electron chi connectivity index (χ1n) is 5.74. The number of aromatic nitrogens is 2. The summed E-state index contributed by atoms with van der Waals surface area (Å²) in [7, 11) is 0. The van der Waals surface area contributed by atoms with Crippen molar-refractivity contribution in [3.63, 3.8) is 0 Å². The molecule has 0 unspecified atom stereocenters. The molecule has 0 bridgehead atoms. The first kappa shape index (κ1) is 11.8. The number of benzene rings is 1. The van der Waals surface area contributed by atoms with E-state index in [1.54, 1.807) is 12.1 Å². The van der Waals surface area contributed by atoms with Crippen molar-refractivity contribution in [2.45, 2.75) is 25.4 Å². The summed E-state index contributed by atoms with van der Waals surface area (Å²) in [6.07, 6.45) is 2.40. The molecule has 3 rings (SSSR count). The Labute approximate surface area is 112 Å². The van der Waals surface area contributed by atoms with Crippen LogP contribution in [-0.4, -0.2) is 16.2 Å². The van der Waals surface area contributed by atoms with Crippen LogP contribution in [0.4, 0.5) is 4.39 Å². The number of nitrogens with zero attached hydrogens (tertiary/aromatic N) is 2.